The van der Waals surface area contributed by atoms with Crippen molar-refractivity contribution in [1.29, 1.82) is 0 Å². The van der Waals surface area contributed by atoms with Crippen LogP contribution in [0.5, 0.6) is 11.8 Å². The van der Waals surface area contributed by atoms with Crippen molar-refractivity contribution < 1.29 is 29.6 Å². The SMILES string of the molecule is COc1nc(N2CC[C@H](O)C2)ccc1-c1cc2c(C(=O)O)c[nH]c2cc1Cl.COc1nc(N2CC[C@H](O)C2)ccc1Br. The molecule has 0 bridgehead atoms. The predicted octanol–water partition coefficient (Wildman–Crippen LogP) is 4.58. The Labute approximate surface area is 255 Å². The number of aromatic amines is 1. The van der Waals surface area contributed by atoms with Crippen molar-refractivity contribution in [2.24, 2.45) is 0 Å². The molecule has 2 saturated heterocycles. The van der Waals surface area contributed by atoms with Crippen LogP contribution in [0.3, 0.4) is 0 Å². The van der Waals surface area contributed by atoms with Gasteiger partial charge < -0.3 is 39.6 Å². The number of carboxylic acid groups (broad SMARTS) is 1. The molecular weight excluding hydrogens is 630 g/mol. The molecule has 222 valence electrons. The third kappa shape index (κ3) is 6.26. The number of carboxylic acids is 1. The van der Waals surface area contributed by atoms with E-state index in [0.29, 0.717) is 58.3 Å². The van der Waals surface area contributed by atoms with Crippen LogP contribution in [0.1, 0.15) is 23.2 Å². The average molecular weight is 661 g/mol. The van der Waals surface area contributed by atoms with Crippen LogP contribution in [0.25, 0.3) is 22.0 Å². The highest BCUT2D eigenvalue weighted by atomic mass is 79.9. The lowest BCUT2D eigenvalue weighted by Gasteiger charge is -2.19. The van der Waals surface area contributed by atoms with Gasteiger partial charge in [0.2, 0.25) is 11.8 Å². The van der Waals surface area contributed by atoms with Crippen molar-refractivity contribution in [3.63, 3.8) is 0 Å². The van der Waals surface area contributed by atoms with E-state index in [1.54, 1.807) is 19.2 Å². The van der Waals surface area contributed by atoms with Crippen LogP contribution in [0.2, 0.25) is 5.02 Å². The van der Waals surface area contributed by atoms with Crippen molar-refractivity contribution in [3.05, 3.63) is 57.7 Å². The molecule has 0 aliphatic carbocycles. The lowest BCUT2D eigenvalue weighted by Crippen LogP contribution is -2.22. The summed E-state index contributed by atoms with van der Waals surface area (Å²) in [5.74, 6) is 1.53. The van der Waals surface area contributed by atoms with E-state index >= 15 is 0 Å². The molecule has 0 amide bonds. The summed E-state index contributed by atoms with van der Waals surface area (Å²) in [6, 6.07) is 11.0. The van der Waals surface area contributed by atoms with Crippen LogP contribution >= 0.6 is 27.5 Å². The van der Waals surface area contributed by atoms with Gasteiger partial charge in [-0.2, -0.15) is 9.97 Å². The monoisotopic (exact) mass is 659 g/mol. The van der Waals surface area contributed by atoms with Crippen molar-refractivity contribution >= 4 is 56.0 Å². The molecule has 2 aliphatic heterocycles. The Morgan fingerprint density at radius 3 is 2.10 bits per heavy atom. The first kappa shape index (κ1) is 29.9. The number of hydrogen-bond donors (Lipinski definition) is 4. The molecule has 2 fully saturated rings. The summed E-state index contributed by atoms with van der Waals surface area (Å²) < 4.78 is 11.4. The Balaban J connectivity index is 0.000000199. The number of aromatic nitrogens is 3. The first-order chi connectivity index (χ1) is 20.2. The number of carbonyl (C=O) groups is 1. The number of H-pyrrole nitrogens is 1. The number of nitrogens with zero attached hydrogens (tertiary/aromatic N) is 4. The standard InChI is InChI=1S/C19H18ClN3O4.C10H13BrN2O2/c1-27-18-11(2-3-17(22-18)23-5-4-10(24)9-23)12-6-13-14(19(25)26)8-21-16(13)7-15(12)20;1-15-10-8(11)2-3-9(12-10)13-5-4-7(14)6-13/h2-3,6-8,10,21,24H,4-5,9H2,1H3,(H,25,26);2-3,7,14H,4-6H2,1H3/t10-;7-/m00/s1. The number of fused-ring (bicyclic) bond motifs is 1. The number of anilines is 2. The molecule has 13 heteroatoms. The minimum absolute atomic E-state index is 0.178. The van der Waals surface area contributed by atoms with Gasteiger partial charge in [-0.1, -0.05) is 11.6 Å². The molecule has 3 aromatic heterocycles. The van der Waals surface area contributed by atoms with E-state index in [1.807, 2.05) is 29.2 Å². The molecule has 0 saturated carbocycles. The molecule has 5 heterocycles. The van der Waals surface area contributed by atoms with Crippen molar-refractivity contribution in [2.75, 3.05) is 50.2 Å². The van der Waals surface area contributed by atoms with Gasteiger partial charge in [0.1, 0.15) is 11.6 Å². The molecule has 0 radical (unpaired) electrons. The molecule has 1 aromatic carbocycles. The molecule has 4 N–H and O–H groups in total. The maximum Gasteiger partial charge on any atom is 0.337 e. The molecule has 0 spiro atoms. The van der Waals surface area contributed by atoms with Crippen LogP contribution in [-0.2, 0) is 0 Å². The smallest absolute Gasteiger partial charge is 0.337 e. The highest BCUT2D eigenvalue weighted by Crippen LogP contribution is 2.38. The number of rotatable bonds is 6. The maximum atomic E-state index is 11.4. The van der Waals surface area contributed by atoms with Gasteiger partial charge in [-0.15, -0.1) is 0 Å². The van der Waals surface area contributed by atoms with E-state index in [0.717, 1.165) is 35.6 Å². The number of benzene rings is 1. The molecule has 6 rings (SSSR count). The lowest BCUT2D eigenvalue weighted by molar-refractivity contribution is 0.0699. The van der Waals surface area contributed by atoms with E-state index in [9.17, 15) is 20.1 Å². The summed E-state index contributed by atoms with van der Waals surface area (Å²) in [7, 11) is 3.12. The Bertz CT molecular complexity index is 1600. The van der Waals surface area contributed by atoms with Gasteiger partial charge in [-0.05, 0) is 65.2 Å². The minimum Gasteiger partial charge on any atom is -0.480 e. The van der Waals surface area contributed by atoms with Crippen LogP contribution in [0.15, 0.2) is 47.1 Å². The van der Waals surface area contributed by atoms with Gasteiger partial charge in [0.05, 0.1) is 41.5 Å². The molecule has 2 aliphatic rings. The molecule has 4 aromatic rings. The normalized spacial score (nSPS) is 18.2. The highest BCUT2D eigenvalue weighted by Gasteiger charge is 2.24. The fraction of sp³-hybridized carbons (Fsp3) is 0.345. The summed E-state index contributed by atoms with van der Waals surface area (Å²) in [5, 5.41) is 29.6. The van der Waals surface area contributed by atoms with Crippen molar-refractivity contribution in [3.8, 4) is 22.9 Å². The lowest BCUT2D eigenvalue weighted by atomic mass is 10.0. The van der Waals surface area contributed by atoms with E-state index in [2.05, 4.69) is 35.8 Å². The Morgan fingerprint density at radius 2 is 1.55 bits per heavy atom. The second-order valence-corrected chi connectivity index (χ2v) is 11.3. The fourth-order valence-corrected chi connectivity index (χ4v) is 5.77. The van der Waals surface area contributed by atoms with Gasteiger partial charge in [-0.3, -0.25) is 0 Å². The number of aromatic carboxylic acids is 1. The highest BCUT2D eigenvalue weighted by molar-refractivity contribution is 9.10. The number of methoxy groups -OCH3 is 2. The van der Waals surface area contributed by atoms with Crippen molar-refractivity contribution in [1.82, 2.24) is 15.0 Å². The number of β-amino-alcohol motifs (C(OH)–C–C–N with tert-alkyl or cyclic N) is 2. The van der Waals surface area contributed by atoms with Crippen LogP contribution in [0, 0.1) is 0 Å². The summed E-state index contributed by atoms with van der Waals surface area (Å²) in [6.07, 6.45) is 2.38. The quantitative estimate of drug-likeness (QED) is 0.232. The number of aliphatic hydroxyl groups is 2. The van der Waals surface area contributed by atoms with Gasteiger partial charge in [0.25, 0.3) is 0 Å². The van der Waals surface area contributed by atoms with Gasteiger partial charge in [0, 0.05) is 54.4 Å². The second-order valence-electron chi connectivity index (χ2n) is 10.0. The number of hydrogen-bond acceptors (Lipinski definition) is 9. The van der Waals surface area contributed by atoms with Gasteiger partial charge in [-0.25, -0.2) is 4.79 Å². The van der Waals surface area contributed by atoms with E-state index < -0.39 is 5.97 Å². The minimum atomic E-state index is -1.01. The largest absolute Gasteiger partial charge is 0.480 e. The van der Waals surface area contributed by atoms with Crippen molar-refractivity contribution in [2.45, 2.75) is 25.0 Å². The summed E-state index contributed by atoms with van der Waals surface area (Å²) in [5.41, 5.74) is 2.14. The van der Waals surface area contributed by atoms with E-state index in [4.69, 9.17) is 21.1 Å². The number of halogens is 2. The van der Waals surface area contributed by atoms with Crippen LogP contribution in [-0.4, -0.2) is 88.8 Å². The number of pyridine rings is 2. The number of ether oxygens (including phenoxy) is 2. The Morgan fingerprint density at radius 1 is 0.952 bits per heavy atom. The Kier molecular flexibility index (Phi) is 9.07. The zero-order chi connectivity index (χ0) is 30.0. The third-order valence-corrected chi connectivity index (χ3v) is 8.21. The zero-order valence-corrected chi connectivity index (χ0v) is 25.4. The van der Waals surface area contributed by atoms with Gasteiger partial charge >= 0.3 is 5.97 Å². The van der Waals surface area contributed by atoms with Gasteiger partial charge in [0.15, 0.2) is 0 Å². The molecule has 0 unspecified atom stereocenters. The Hall–Kier alpha value is -3.58. The summed E-state index contributed by atoms with van der Waals surface area (Å²) in [4.78, 5) is 27.3. The number of aliphatic hydroxyl groups excluding tert-OH is 2. The predicted molar refractivity (Wildman–Crippen MR) is 164 cm³/mol. The van der Waals surface area contributed by atoms with E-state index in [1.165, 1.54) is 13.3 Å². The zero-order valence-electron chi connectivity index (χ0n) is 23.0. The molecular formula is C29H31BrClN5O6. The molecule has 2 atom stereocenters. The summed E-state index contributed by atoms with van der Waals surface area (Å²) >= 11 is 9.80. The first-order valence-corrected chi connectivity index (χ1v) is 14.5. The summed E-state index contributed by atoms with van der Waals surface area (Å²) in [6.45, 7) is 2.76. The average Bonchev–Trinajstić information content (AvgIpc) is 3.72. The van der Waals surface area contributed by atoms with Crippen LogP contribution < -0.4 is 19.3 Å². The maximum absolute atomic E-state index is 11.4. The fourth-order valence-electron chi connectivity index (χ4n) is 5.13. The molecule has 42 heavy (non-hydrogen) atoms. The first-order valence-electron chi connectivity index (χ1n) is 13.3. The second kappa shape index (κ2) is 12.7. The van der Waals surface area contributed by atoms with Crippen LogP contribution in [0.4, 0.5) is 11.6 Å². The third-order valence-electron chi connectivity index (χ3n) is 7.30. The van der Waals surface area contributed by atoms with E-state index in [-0.39, 0.29) is 17.8 Å². The topological polar surface area (TPSA) is 144 Å². The number of nitrogens with one attached hydrogen (secondary N) is 1. The molecule has 11 nitrogen and oxygen atoms in total.